The lowest BCUT2D eigenvalue weighted by molar-refractivity contribution is -0.159. The van der Waals surface area contributed by atoms with E-state index < -0.39 is 79.3 Å². The lowest BCUT2D eigenvalue weighted by Crippen LogP contribution is -2.52. The molecule has 0 fully saturated rings. The minimum atomic E-state index is -2.13. The number of carbonyl (C=O) groups excluding carboxylic acids is 6. The number of amides is 1. The first-order chi connectivity index (χ1) is 40.8. The zero-order chi connectivity index (χ0) is 71.0. The van der Waals surface area contributed by atoms with Crippen molar-refractivity contribution in [3.8, 4) is 5.75 Å². The van der Waals surface area contributed by atoms with Crippen LogP contribution in [-0.4, -0.2) is 124 Å². The predicted molar refractivity (Wildman–Crippen MR) is 384 cm³/mol. The Morgan fingerprint density at radius 1 is 0.456 bits per heavy atom. The Bertz CT molecular complexity index is 2270. The number of hydrogen-bond acceptors (Lipinski definition) is 16. The van der Waals surface area contributed by atoms with Gasteiger partial charge in [-0.15, -0.1) is 0 Å². The van der Waals surface area contributed by atoms with Gasteiger partial charge in [0, 0.05) is 22.2 Å². The highest BCUT2D eigenvalue weighted by atomic mass is 28.5. The van der Waals surface area contributed by atoms with E-state index in [0.29, 0.717) is 36.6 Å². The maximum atomic E-state index is 12.0. The number of unbranched alkanes of at least 4 members (excludes halogenated alkanes) is 2. The Hall–Kier alpha value is -3.38. The summed E-state index contributed by atoms with van der Waals surface area (Å²) in [7, 11) is -11.2. The van der Waals surface area contributed by atoms with Gasteiger partial charge in [-0.25, -0.2) is 9.59 Å². The van der Waals surface area contributed by atoms with E-state index in [2.05, 4.69) is 111 Å². The van der Waals surface area contributed by atoms with Crippen LogP contribution in [0.5, 0.6) is 5.75 Å². The van der Waals surface area contributed by atoms with Crippen molar-refractivity contribution in [1.29, 1.82) is 0 Å². The molecule has 524 valence electrons. The summed E-state index contributed by atoms with van der Waals surface area (Å²) in [4.78, 5) is 70.1. The molecule has 90 heavy (non-hydrogen) atoms. The maximum absolute atomic E-state index is 12.0. The van der Waals surface area contributed by atoms with Crippen LogP contribution in [0.1, 0.15) is 175 Å². The molecule has 0 aliphatic carbocycles. The maximum Gasteiger partial charge on any atom is 0.338 e. The van der Waals surface area contributed by atoms with E-state index in [1.165, 1.54) is 44.7 Å². The number of hydrogen-bond donors (Lipinski definition) is 2. The van der Waals surface area contributed by atoms with Gasteiger partial charge in [-0.05, 0) is 221 Å². The summed E-state index contributed by atoms with van der Waals surface area (Å²) in [5, 5.41) is 12.3. The van der Waals surface area contributed by atoms with E-state index >= 15 is 0 Å². The van der Waals surface area contributed by atoms with E-state index in [1.54, 1.807) is 45.0 Å². The average Bonchev–Trinajstić information content (AvgIpc) is 1.03. The topological polar surface area (TPSA) is 218 Å². The van der Waals surface area contributed by atoms with Crippen LogP contribution in [0, 0.1) is 21.7 Å². The number of anilines is 1. The molecule has 0 saturated carbocycles. The third-order valence-corrected chi connectivity index (χ3v) is 38.2. The van der Waals surface area contributed by atoms with Crippen molar-refractivity contribution >= 4 is 91.8 Å². The van der Waals surface area contributed by atoms with Gasteiger partial charge in [0.25, 0.3) is 0 Å². The Morgan fingerprint density at radius 3 is 1.06 bits per heavy atom. The first-order valence-electron chi connectivity index (χ1n) is 32.9. The van der Waals surface area contributed by atoms with Crippen LogP contribution < -0.4 is 10.1 Å². The molecule has 0 aliphatic heterocycles. The van der Waals surface area contributed by atoms with Crippen molar-refractivity contribution in [1.82, 2.24) is 0 Å². The molecule has 17 nitrogen and oxygen atoms in total. The Kier molecular flexibility index (Phi) is 41.8. The molecule has 0 radical (unpaired) electrons. The Labute approximate surface area is 554 Å². The monoisotopic (exact) mass is 1370 g/mol. The van der Waals surface area contributed by atoms with Crippen molar-refractivity contribution in [2.45, 2.75) is 284 Å². The molecule has 0 aliphatic rings. The molecule has 0 aromatic heterocycles. The van der Waals surface area contributed by atoms with Crippen molar-refractivity contribution in [3.63, 3.8) is 0 Å². The molecule has 1 atom stereocenters. The van der Waals surface area contributed by atoms with E-state index in [0.717, 1.165) is 44.2 Å². The van der Waals surface area contributed by atoms with Gasteiger partial charge in [-0.2, -0.15) is 0 Å². The lowest BCUT2D eigenvalue weighted by Gasteiger charge is -2.39. The van der Waals surface area contributed by atoms with E-state index in [-0.39, 0.29) is 53.4 Å². The van der Waals surface area contributed by atoms with Crippen LogP contribution >= 0.6 is 0 Å². The largest absolute Gasteiger partial charge is 0.465 e. The minimum absolute atomic E-state index is 0.0355. The predicted octanol–water partition coefficient (Wildman–Crippen LogP) is 17.6. The van der Waals surface area contributed by atoms with Crippen LogP contribution in [0.3, 0.4) is 0 Å². The van der Waals surface area contributed by atoms with Crippen molar-refractivity contribution < 1.29 is 74.0 Å². The molecular weight excluding hydrogens is 1240 g/mol. The number of aliphatic hydroxyl groups is 1. The van der Waals surface area contributed by atoms with Gasteiger partial charge < -0.3 is 50.6 Å². The standard InChI is InChI=1S/2C19H44O4Si3.C16H21NO3.C13H22O5/c2*1-11-13-16-24(5,6)22-26(9,10)23-25(7,8)17-14-15-21-18(20)19(3,4)12-2;1-6-16(4,5)15(19)17-12-7-9-13(10-8-12)20-14(18)11(2)3;1-6-13(4,5)12(16)18-8-10(14)7-17-11(15)9(2)3/h2*11-17H2,1-10H3;7-10H,2,6H2,1,3-5H3,(H,17,19);10,14H,2,6-8H2,1,3-5H3. The van der Waals surface area contributed by atoms with Gasteiger partial charge in [0.2, 0.25) is 5.91 Å². The zero-order valence-corrected chi connectivity index (χ0v) is 68.1. The molecule has 23 heteroatoms. The number of nitrogens with one attached hydrogen (secondary N) is 1. The molecule has 0 spiro atoms. The summed E-state index contributed by atoms with van der Waals surface area (Å²) in [5.41, 5.74) is -0.494. The second-order valence-electron chi connectivity index (χ2n) is 29.7. The molecule has 1 rings (SSSR count). The highest BCUT2D eigenvalue weighted by Gasteiger charge is 2.41. The third-order valence-electron chi connectivity index (χ3n) is 15.3. The first kappa shape index (κ1) is 90.8. The fourth-order valence-corrected chi connectivity index (χ4v) is 36.6. The molecule has 1 aromatic rings. The van der Waals surface area contributed by atoms with Gasteiger partial charge >= 0.3 is 47.0 Å². The Balaban J connectivity index is -0.00000113. The number of rotatable bonds is 38. The SMILES string of the molecule is C=C(C)C(=O)OCC(O)COC(=O)C(C)(C)CC.C=C(C)C(=O)Oc1ccc(NC(=O)C(C)(C)CC)cc1.CCCC[Si](C)(C)O[Si](C)(C)O[Si](C)(C)CCCOC(=O)C(C)(C)CC.CCCC[Si](C)(C)O[Si](C)(C)O[Si](C)(C)CCCOC(=O)C(C)(C)CC. The molecule has 0 heterocycles. The van der Waals surface area contributed by atoms with Gasteiger partial charge in [-0.3, -0.25) is 19.2 Å². The normalized spacial score (nSPS) is 12.9. The zero-order valence-electron chi connectivity index (χ0n) is 62.1. The van der Waals surface area contributed by atoms with Crippen molar-refractivity contribution in [2.24, 2.45) is 21.7 Å². The quantitative estimate of drug-likeness (QED) is 0.0157. The van der Waals surface area contributed by atoms with E-state index in [4.69, 9.17) is 40.1 Å². The number of benzene rings is 1. The Morgan fingerprint density at radius 2 is 0.756 bits per heavy atom. The molecule has 2 N–H and O–H groups in total. The van der Waals surface area contributed by atoms with Crippen LogP contribution in [0.15, 0.2) is 48.6 Å². The first-order valence-corrected chi connectivity index (χ1v) is 51.0. The molecule has 1 amide bonds. The van der Waals surface area contributed by atoms with Crippen molar-refractivity contribution in [2.75, 3.05) is 31.7 Å². The van der Waals surface area contributed by atoms with Gasteiger partial charge in [0.05, 0.1) is 29.5 Å². The fourth-order valence-electron chi connectivity index (χ4n) is 8.23. The molecule has 0 bridgehead atoms. The lowest BCUT2D eigenvalue weighted by atomic mass is 9.89. The number of ether oxygens (including phenoxy) is 5. The van der Waals surface area contributed by atoms with Crippen molar-refractivity contribution in [3.05, 3.63) is 48.6 Å². The van der Waals surface area contributed by atoms with Crippen LogP contribution in [0.2, 0.25) is 103 Å². The second kappa shape index (κ2) is 41.4. The van der Waals surface area contributed by atoms with E-state index in [9.17, 15) is 33.9 Å². The fraction of sp³-hybridized carbons (Fsp3) is 0.761. The third kappa shape index (κ3) is 42.1. The number of aliphatic hydroxyl groups excluding tert-OH is 1. The van der Waals surface area contributed by atoms with Crippen LogP contribution in [0.4, 0.5) is 5.69 Å². The molecular formula is C67H131NO16Si6. The summed E-state index contributed by atoms with van der Waals surface area (Å²) >= 11 is 0. The highest BCUT2D eigenvalue weighted by Crippen LogP contribution is 2.30. The number of carbonyl (C=O) groups is 6. The van der Waals surface area contributed by atoms with Crippen LogP contribution in [-0.2, 0) is 64.2 Å². The van der Waals surface area contributed by atoms with Crippen LogP contribution in [0.25, 0.3) is 0 Å². The molecule has 1 aromatic carbocycles. The summed E-state index contributed by atoms with van der Waals surface area (Å²) in [6, 6.07) is 11.1. The highest BCUT2D eigenvalue weighted by molar-refractivity contribution is 6.88. The van der Waals surface area contributed by atoms with Gasteiger partial charge in [-0.1, -0.05) is 94.2 Å². The molecule has 1 unspecified atom stereocenters. The minimum Gasteiger partial charge on any atom is -0.465 e. The summed E-state index contributed by atoms with van der Waals surface area (Å²) in [6.07, 6.45) is 8.62. The summed E-state index contributed by atoms with van der Waals surface area (Å²) < 4.78 is 52.0. The van der Waals surface area contributed by atoms with Gasteiger partial charge in [0.15, 0.2) is 33.3 Å². The van der Waals surface area contributed by atoms with Gasteiger partial charge in [0.1, 0.15) is 25.1 Å². The van der Waals surface area contributed by atoms with E-state index in [1.807, 2.05) is 69.2 Å². The average molecular weight is 1380 g/mol. The smallest absolute Gasteiger partial charge is 0.338 e. The second-order valence-corrected chi connectivity index (χ2v) is 54.6. The summed E-state index contributed by atoms with van der Waals surface area (Å²) in [5.74, 6) is -1.22. The molecule has 0 saturated heterocycles. The number of esters is 5. The summed E-state index contributed by atoms with van der Waals surface area (Å²) in [6.45, 7) is 65.0.